The molecule has 1 atom stereocenters. The summed E-state index contributed by atoms with van der Waals surface area (Å²) < 4.78 is 4.99. The van der Waals surface area contributed by atoms with Crippen molar-refractivity contribution in [3.05, 3.63) is 36.6 Å². The molecule has 0 amide bonds. The van der Waals surface area contributed by atoms with E-state index in [1.807, 2.05) is 32.9 Å². The standard InChI is InChI=1S/C12H21NO.C2H6/c1-10(2)6-7-11(3)13-12(4)8-9-14-5;1-2/h6-7,12-13H,1,3,8-9H2,2,4-5H3;1-2H3/b7-6-;. The van der Waals surface area contributed by atoms with Crippen molar-refractivity contribution in [1.29, 1.82) is 0 Å². The van der Waals surface area contributed by atoms with E-state index in [1.54, 1.807) is 7.11 Å². The number of hydrogen-bond acceptors (Lipinski definition) is 2. The first-order valence-corrected chi connectivity index (χ1v) is 5.84. The highest BCUT2D eigenvalue weighted by molar-refractivity contribution is 5.21. The predicted molar refractivity (Wildman–Crippen MR) is 73.5 cm³/mol. The average Bonchev–Trinajstić information content (AvgIpc) is 2.26. The molecule has 0 aromatic rings. The second-order valence-corrected chi connectivity index (χ2v) is 3.53. The number of allylic oxidation sites excluding steroid dienone is 3. The van der Waals surface area contributed by atoms with Crippen LogP contribution in [0.5, 0.6) is 0 Å². The van der Waals surface area contributed by atoms with Gasteiger partial charge in [-0.15, -0.1) is 0 Å². The van der Waals surface area contributed by atoms with Gasteiger partial charge in [-0.2, -0.15) is 0 Å². The van der Waals surface area contributed by atoms with Gasteiger partial charge in [0.15, 0.2) is 0 Å². The summed E-state index contributed by atoms with van der Waals surface area (Å²) in [6.45, 7) is 16.5. The number of nitrogens with one attached hydrogen (secondary N) is 1. The Morgan fingerprint density at radius 2 is 1.88 bits per heavy atom. The topological polar surface area (TPSA) is 21.3 Å². The molecule has 0 heterocycles. The van der Waals surface area contributed by atoms with Crippen LogP contribution in [0.1, 0.15) is 34.1 Å². The zero-order valence-electron chi connectivity index (χ0n) is 11.5. The second kappa shape index (κ2) is 12.1. The second-order valence-electron chi connectivity index (χ2n) is 3.53. The van der Waals surface area contributed by atoms with Crippen LogP contribution in [-0.2, 0) is 4.74 Å². The molecule has 1 N–H and O–H groups in total. The van der Waals surface area contributed by atoms with Crippen LogP contribution in [0, 0.1) is 0 Å². The SMILES string of the molecule is C=C(C)/C=C\C(=C)NC(C)CCOC.CC. The van der Waals surface area contributed by atoms with Crippen LogP contribution >= 0.6 is 0 Å². The van der Waals surface area contributed by atoms with E-state index in [2.05, 4.69) is 25.4 Å². The molecule has 0 saturated heterocycles. The number of methoxy groups -OCH3 is 1. The third kappa shape index (κ3) is 13.0. The van der Waals surface area contributed by atoms with E-state index in [-0.39, 0.29) is 0 Å². The zero-order valence-corrected chi connectivity index (χ0v) is 11.5. The maximum Gasteiger partial charge on any atom is 0.0481 e. The lowest BCUT2D eigenvalue weighted by molar-refractivity contribution is 0.186. The highest BCUT2D eigenvalue weighted by Crippen LogP contribution is 1.98. The Labute approximate surface area is 101 Å². The van der Waals surface area contributed by atoms with Gasteiger partial charge in [-0.3, -0.25) is 0 Å². The molecule has 2 nitrogen and oxygen atoms in total. The molecule has 0 radical (unpaired) electrons. The molecule has 0 bridgehead atoms. The summed E-state index contributed by atoms with van der Waals surface area (Å²) in [5.74, 6) is 0. The normalized spacial score (nSPS) is 11.6. The van der Waals surface area contributed by atoms with Gasteiger partial charge in [0, 0.05) is 25.5 Å². The number of hydrogen-bond donors (Lipinski definition) is 1. The van der Waals surface area contributed by atoms with Gasteiger partial charge in [0.1, 0.15) is 0 Å². The molecule has 0 aromatic carbocycles. The molecule has 0 rings (SSSR count). The van der Waals surface area contributed by atoms with Gasteiger partial charge in [-0.25, -0.2) is 0 Å². The first kappa shape index (κ1) is 17.4. The summed E-state index contributed by atoms with van der Waals surface area (Å²) in [4.78, 5) is 0. The van der Waals surface area contributed by atoms with E-state index >= 15 is 0 Å². The lowest BCUT2D eigenvalue weighted by atomic mass is 10.2. The Kier molecular flexibility index (Phi) is 13.1. The van der Waals surface area contributed by atoms with E-state index in [4.69, 9.17) is 4.74 Å². The monoisotopic (exact) mass is 225 g/mol. The minimum Gasteiger partial charge on any atom is -0.385 e. The van der Waals surface area contributed by atoms with E-state index < -0.39 is 0 Å². The van der Waals surface area contributed by atoms with E-state index in [9.17, 15) is 0 Å². The van der Waals surface area contributed by atoms with Crippen molar-refractivity contribution in [3.8, 4) is 0 Å². The van der Waals surface area contributed by atoms with Gasteiger partial charge in [0.05, 0.1) is 0 Å². The number of ether oxygens (including phenoxy) is 1. The molecule has 16 heavy (non-hydrogen) atoms. The van der Waals surface area contributed by atoms with Crippen LogP contribution in [0.2, 0.25) is 0 Å². The summed E-state index contributed by atoms with van der Waals surface area (Å²) in [6, 6.07) is 0.386. The van der Waals surface area contributed by atoms with Crippen molar-refractivity contribution in [2.75, 3.05) is 13.7 Å². The lowest BCUT2D eigenvalue weighted by Crippen LogP contribution is -2.25. The van der Waals surface area contributed by atoms with Crippen molar-refractivity contribution < 1.29 is 4.74 Å². The third-order valence-corrected chi connectivity index (χ3v) is 1.76. The quantitative estimate of drug-likeness (QED) is 0.667. The van der Waals surface area contributed by atoms with Crippen molar-refractivity contribution in [3.63, 3.8) is 0 Å². The number of rotatable bonds is 7. The summed E-state index contributed by atoms with van der Waals surface area (Å²) in [5, 5.41) is 3.27. The molecule has 0 aromatic heterocycles. The predicted octanol–water partition coefficient (Wildman–Crippen LogP) is 3.67. The molecule has 0 fully saturated rings. The van der Waals surface area contributed by atoms with Gasteiger partial charge in [0.25, 0.3) is 0 Å². The summed E-state index contributed by atoms with van der Waals surface area (Å²) in [6.07, 6.45) is 4.86. The van der Waals surface area contributed by atoms with Crippen molar-refractivity contribution >= 4 is 0 Å². The maximum absolute atomic E-state index is 4.99. The Hall–Kier alpha value is -1.02. The van der Waals surface area contributed by atoms with E-state index in [0.29, 0.717) is 6.04 Å². The molecule has 0 aliphatic heterocycles. The third-order valence-electron chi connectivity index (χ3n) is 1.76. The van der Waals surface area contributed by atoms with Crippen LogP contribution in [0.15, 0.2) is 36.6 Å². The van der Waals surface area contributed by atoms with Crippen molar-refractivity contribution in [1.82, 2.24) is 5.32 Å². The van der Waals surface area contributed by atoms with Crippen LogP contribution in [-0.4, -0.2) is 19.8 Å². The fourth-order valence-corrected chi connectivity index (χ4v) is 0.974. The zero-order chi connectivity index (χ0) is 13.0. The minimum atomic E-state index is 0.386. The maximum atomic E-state index is 4.99. The first-order chi connectivity index (χ1) is 7.56. The highest BCUT2D eigenvalue weighted by Gasteiger charge is 1.99. The summed E-state index contributed by atoms with van der Waals surface area (Å²) in [7, 11) is 1.71. The molecule has 0 aliphatic rings. The van der Waals surface area contributed by atoms with Gasteiger partial charge < -0.3 is 10.1 Å². The van der Waals surface area contributed by atoms with Gasteiger partial charge in [-0.05, 0) is 26.3 Å². The fraction of sp³-hybridized carbons (Fsp3) is 0.571. The van der Waals surface area contributed by atoms with Crippen LogP contribution < -0.4 is 5.32 Å². The molecule has 0 aliphatic carbocycles. The molecular formula is C14H27NO. The smallest absolute Gasteiger partial charge is 0.0481 e. The van der Waals surface area contributed by atoms with Crippen LogP contribution in [0.4, 0.5) is 0 Å². The fourth-order valence-electron chi connectivity index (χ4n) is 0.974. The summed E-state index contributed by atoms with van der Waals surface area (Å²) >= 11 is 0. The van der Waals surface area contributed by atoms with Gasteiger partial charge in [0.2, 0.25) is 0 Å². The average molecular weight is 225 g/mol. The molecule has 1 unspecified atom stereocenters. The Balaban J connectivity index is 0. The Morgan fingerprint density at radius 1 is 1.31 bits per heavy atom. The molecule has 94 valence electrons. The lowest BCUT2D eigenvalue weighted by Gasteiger charge is -2.14. The van der Waals surface area contributed by atoms with Crippen LogP contribution in [0.3, 0.4) is 0 Å². The van der Waals surface area contributed by atoms with Gasteiger partial charge in [-0.1, -0.05) is 38.7 Å². The summed E-state index contributed by atoms with van der Waals surface area (Å²) in [5.41, 5.74) is 1.94. The molecular weight excluding hydrogens is 198 g/mol. The highest BCUT2D eigenvalue weighted by atomic mass is 16.5. The van der Waals surface area contributed by atoms with Crippen molar-refractivity contribution in [2.24, 2.45) is 0 Å². The molecule has 2 heteroatoms. The van der Waals surface area contributed by atoms with Gasteiger partial charge >= 0.3 is 0 Å². The first-order valence-electron chi connectivity index (χ1n) is 5.84. The van der Waals surface area contributed by atoms with E-state index in [0.717, 1.165) is 24.3 Å². The molecule has 0 saturated carbocycles. The molecule has 0 spiro atoms. The minimum absolute atomic E-state index is 0.386. The largest absolute Gasteiger partial charge is 0.385 e. The van der Waals surface area contributed by atoms with E-state index in [1.165, 1.54) is 0 Å². The Bertz CT molecular complexity index is 219. The van der Waals surface area contributed by atoms with Crippen molar-refractivity contribution in [2.45, 2.75) is 40.2 Å². The Morgan fingerprint density at radius 3 is 2.31 bits per heavy atom. The van der Waals surface area contributed by atoms with Crippen LogP contribution in [0.25, 0.3) is 0 Å².